The van der Waals surface area contributed by atoms with Crippen molar-refractivity contribution >= 4 is 41.6 Å². The van der Waals surface area contributed by atoms with Gasteiger partial charge in [-0.2, -0.15) is 0 Å². The third-order valence-electron chi connectivity index (χ3n) is 8.64. The first-order chi connectivity index (χ1) is 22.5. The van der Waals surface area contributed by atoms with Gasteiger partial charge in [0.1, 0.15) is 6.10 Å². The van der Waals surface area contributed by atoms with Gasteiger partial charge >= 0.3 is 11.9 Å². The Bertz CT molecular complexity index is 1790. The van der Waals surface area contributed by atoms with Crippen LogP contribution in [0.15, 0.2) is 95.3 Å². The van der Waals surface area contributed by atoms with Crippen molar-refractivity contribution in [3.05, 3.63) is 128 Å². The molecule has 1 amide bonds. The van der Waals surface area contributed by atoms with E-state index in [1.54, 1.807) is 31.9 Å². The van der Waals surface area contributed by atoms with Crippen LogP contribution in [0.1, 0.15) is 54.5 Å². The number of nitro benzene ring substituents is 1. The molecule has 0 bridgehead atoms. The molecule has 13 heteroatoms. The van der Waals surface area contributed by atoms with E-state index in [-0.39, 0.29) is 40.6 Å². The monoisotopic (exact) mass is 692 g/mol. The Hall–Kier alpha value is -5.04. The van der Waals surface area contributed by atoms with E-state index >= 15 is 0 Å². The van der Waals surface area contributed by atoms with Crippen molar-refractivity contribution in [2.45, 2.75) is 45.3 Å². The third kappa shape index (κ3) is 8.34. The maximum Gasteiger partial charge on any atom is 0.337 e. The molecule has 49 heavy (non-hydrogen) atoms. The van der Waals surface area contributed by atoms with Crippen LogP contribution in [-0.2, 0) is 36.8 Å². The summed E-state index contributed by atoms with van der Waals surface area (Å²) in [6.45, 7) is 4.35. The average Bonchev–Trinajstić information content (AvgIpc) is 3.05. The van der Waals surface area contributed by atoms with E-state index in [1.807, 2.05) is 55.6 Å². The van der Waals surface area contributed by atoms with Crippen LogP contribution in [0, 0.1) is 10.1 Å². The predicted molar refractivity (Wildman–Crippen MR) is 187 cm³/mol. The minimum Gasteiger partial charge on any atom is -0.466 e. The molecule has 2 heterocycles. The van der Waals surface area contributed by atoms with Crippen molar-refractivity contribution in [2.75, 3.05) is 32.6 Å². The van der Waals surface area contributed by atoms with Gasteiger partial charge in [-0.3, -0.25) is 19.8 Å². The molecule has 0 saturated carbocycles. The molecule has 2 unspecified atom stereocenters. The number of carbonyl (C=O) groups excluding carboxylic acids is 3. The first-order valence-electron chi connectivity index (χ1n) is 15.3. The van der Waals surface area contributed by atoms with Gasteiger partial charge in [-0.05, 0) is 61.7 Å². The van der Waals surface area contributed by atoms with Gasteiger partial charge in [0.2, 0.25) is 5.91 Å². The molecule has 0 radical (unpaired) electrons. The van der Waals surface area contributed by atoms with E-state index in [4.69, 9.17) is 9.47 Å². The summed E-state index contributed by atoms with van der Waals surface area (Å²) in [5.41, 5.74) is 5.08. The van der Waals surface area contributed by atoms with Gasteiger partial charge in [0.15, 0.2) is 0 Å². The fourth-order valence-electron chi connectivity index (χ4n) is 6.32. The molecule has 0 spiro atoms. The standard InChI is InChI=1S/C36H38N4O7.ClH.H2O/c1-22-32(35(42)46-5)34(27-12-9-13-28(19-27)40(44)45)33(23(2)37-22)36(43)47-30(21-38(3)20-24-10-7-6-8-11-24)26-14-16-29-25(18-26)15-17-31(41)39(29)4;;/h6-14,16,18-19,30,34,37H,15,17,20-21H2,1-5H3;1H;1H2. The summed E-state index contributed by atoms with van der Waals surface area (Å²) in [7, 11) is 4.94. The zero-order valence-electron chi connectivity index (χ0n) is 28.0. The fourth-order valence-corrected chi connectivity index (χ4v) is 6.32. The molecule has 5 rings (SSSR count). The molecule has 0 saturated heterocycles. The van der Waals surface area contributed by atoms with Crippen LogP contribution in [0.3, 0.4) is 0 Å². The first kappa shape index (κ1) is 38.4. The Morgan fingerprint density at radius 3 is 2.33 bits per heavy atom. The molecule has 3 aromatic rings. The largest absolute Gasteiger partial charge is 0.466 e. The van der Waals surface area contributed by atoms with Gasteiger partial charge in [0.05, 0.1) is 29.1 Å². The number of methoxy groups -OCH3 is 1. The Balaban J connectivity index is 0.00000325. The lowest BCUT2D eigenvalue weighted by Crippen LogP contribution is -2.34. The second-order valence-corrected chi connectivity index (χ2v) is 11.9. The number of ether oxygens (including phenoxy) is 2. The number of esters is 2. The summed E-state index contributed by atoms with van der Waals surface area (Å²) in [6, 6.07) is 21.5. The highest BCUT2D eigenvalue weighted by molar-refractivity contribution is 6.00. The molecular formula is C36H41ClN4O8. The third-order valence-corrected chi connectivity index (χ3v) is 8.64. The summed E-state index contributed by atoms with van der Waals surface area (Å²) in [6.07, 6.45) is 0.224. The van der Waals surface area contributed by atoms with Crippen molar-refractivity contribution in [3.8, 4) is 0 Å². The van der Waals surface area contributed by atoms with Gasteiger partial charge < -0.3 is 25.2 Å². The highest BCUT2D eigenvalue weighted by Crippen LogP contribution is 2.41. The lowest BCUT2D eigenvalue weighted by atomic mass is 9.80. The number of nitrogens with one attached hydrogen (secondary N) is 1. The van der Waals surface area contributed by atoms with Crippen molar-refractivity contribution < 1.29 is 34.3 Å². The average molecular weight is 693 g/mol. The van der Waals surface area contributed by atoms with Gasteiger partial charge in [-0.25, -0.2) is 9.59 Å². The smallest absolute Gasteiger partial charge is 0.337 e. The summed E-state index contributed by atoms with van der Waals surface area (Å²) < 4.78 is 11.5. The maximum absolute atomic E-state index is 14.4. The van der Waals surface area contributed by atoms with E-state index < -0.39 is 28.9 Å². The predicted octanol–water partition coefficient (Wildman–Crippen LogP) is 4.93. The summed E-state index contributed by atoms with van der Waals surface area (Å²) in [5, 5.41) is 14.8. The van der Waals surface area contributed by atoms with Crippen LogP contribution in [-0.4, -0.2) is 60.9 Å². The number of rotatable bonds is 10. The minimum absolute atomic E-state index is 0. The van der Waals surface area contributed by atoms with E-state index in [2.05, 4.69) is 10.2 Å². The van der Waals surface area contributed by atoms with Gasteiger partial charge in [0, 0.05) is 55.8 Å². The van der Waals surface area contributed by atoms with Crippen LogP contribution in [0.25, 0.3) is 0 Å². The molecule has 0 aromatic heterocycles. The number of amides is 1. The lowest BCUT2D eigenvalue weighted by Gasteiger charge is -2.32. The molecule has 3 N–H and O–H groups in total. The van der Waals surface area contributed by atoms with Crippen LogP contribution in [0.5, 0.6) is 0 Å². The molecular weight excluding hydrogens is 652 g/mol. The summed E-state index contributed by atoms with van der Waals surface area (Å²) in [5.74, 6) is -2.29. The molecule has 2 aliphatic rings. The quantitative estimate of drug-likeness (QED) is 0.176. The zero-order valence-corrected chi connectivity index (χ0v) is 28.8. The van der Waals surface area contributed by atoms with E-state index in [0.717, 1.165) is 22.4 Å². The van der Waals surface area contributed by atoms with Crippen molar-refractivity contribution in [1.29, 1.82) is 0 Å². The summed E-state index contributed by atoms with van der Waals surface area (Å²) in [4.78, 5) is 54.7. The number of hydrogen-bond acceptors (Lipinski definition) is 9. The number of allylic oxidation sites excluding steroid dienone is 2. The molecule has 2 atom stereocenters. The number of dihydropyridines is 1. The van der Waals surface area contributed by atoms with Gasteiger partial charge in [-0.15, -0.1) is 12.4 Å². The SMILES string of the molecule is COC(=O)C1=C(C)NC(C)=C(C(=O)OC(CN(C)Cc2ccccc2)c2ccc3c(c2)CCC(=O)N3C)C1c1cccc([N+](=O)[O-])c1.Cl.O. The number of anilines is 1. The zero-order chi connectivity index (χ0) is 33.8. The van der Waals surface area contributed by atoms with E-state index in [0.29, 0.717) is 42.9 Å². The number of aryl methyl sites for hydroxylation is 1. The molecule has 0 fully saturated rings. The number of carbonyl (C=O) groups is 3. The van der Waals surface area contributed by atoms with Crippen molar-refractivity contribution in [1.82, 2.24) is 10.2 Å². The highest BCUT2D eigenvalue weighted by Gasteiger charge is 2.39. The molecule has 260 valence electrons. The second kappa shape index (κ2) is 16.4. The number of likely N-dealkylation sites (N-methyl/N-ethyl adjacent to an activating group) is 1. The molecule has 12 nitrogen and oxygen atoms in total. The van der Waals surface area contributed by atoms with Gasteiger partial charge in [0.25, 0.3) is 5.69 Å². The highest BCUT2D eigenvalue weighted by atomic mass is 35.5. The van der Waals surface area contributed by atoms with Crippen LogP contribution in [0.2, 0.25) is 0 Å². The minimum atomic E-state index is -0.984. The topological polar surface area (TPSA) is 163 Å². The van der Waals surface area contributed by atoms with Gasteiger partial charge in [-0.1, -0.05) is 48.5 Å². The first-order valence-corrected chi connectivity index (χ1v) is 15.3. The van der Waals surface area contributed by atoms with Crippen LogP contribution in [0.4, 0.5) is 11.4 Å². The van der Waals surface area contributed by atoms with Crippen molar-refractivity contribution in [3.63, 3.8) is 0 Å². The van der Waals surface area contributed by atoms with E-state index in [1.165, 1.54) is 25.3 Å². The van der Waals surface area contributed by atoms with E-state index in [9.17, 15) is 24.5 Å². The molecule has 2 aliphatic heterocycles. The summed E-state index contributed by atoms with van der Waals surface area (Å²) >= 11 is 0. The van der Waals surface area contributed by atoms with Crippen LogP contribution >= 0.6 is 12.4 Å². The number of non-ortho nitro benzene ring substituents is 1. The number of halogens is 1. The normalized spacial score (nSPS) is 16.2. The maximum atomic E-state index is 14.4. The molecule has 0 aliphatic carbocycles. The number of nitro groups is 1. The Morgan fingerprint density at radius 1 is 1.00 bits per heavy atom. The number of fused-ring (bicyclic) bond motifs is 1. The Labute approximate surface area is 291 Å². The Kier molecular flexibility index (Phi) is 12.8. The Morgan fingerprint density at radius 2 is 1.67 bits per heavy atom. The second-order valence-electron chi connectivity index (χ2n) is 11.9. The molecule has 3 aromatic carbocycles. The number of nitrogens with zero attached hydrogens (tertiary/aromatic N) is 3. The van der Waals surface area contributed by atoms with Crippen molar-refractivity contribution in [2.24, 2.45) is 0 Å². The number of benzene rings is 3. The van der Waals surface area contributed by atoms with Crippen LogP contribution < -0.4 is 10.2 Å². The lowest BCUT2D eigenvalue weighted by molar-refractivity contribution is -0.384. The number of hydrogen-bond donors (Lipinski definition) is 1. The fraction of sp³-hybridized carbons (Fsp3) is 0.306.